The summed E-state index contributed by atoms with van der Waals surface area (Å²) in [7, 11) is 0. The number of H-pyrrole nitrogens is 1. The summed E-state index contributed by atoms with van der Waals surface area (Å²) in [6.45, 7) is 7.60. The number of hydrogen-bond donors (Lipinski definition) is 2. The van der Waals surface area contributed by atoms with Gasteiger partial charge in [-0.15, -0.1) is 0 Å². The summed E-state index contributed by atoms with van der Waals surface area (Å²) >= 11 is 6.13. The van der Waals surface area contributed by atoms with Crippen LogP contribution in [0.2, 0.25) is 5.02 Å². The smallest absolute Gasteiger partial charge is 0.155 e. The van der Waals surface area contributed by atoms with Crippen LogP contribution in [0.1, 0.15) is 29.5 Å². The topological polar surface area (TPSA) is 44.0 Å². The molecule has 2 aromatic carbocycles. The summed E-state index contributed by atoms with van der Waals surface area (Å²) in [4.78, 5) is 2.54. The summed E-state index contributed by atoms with van der Waals surface area (Å²) in [5.41, 5.74) is 5.17. The third kappa shape index (κ3) is 3.71. The van der Waals surface area contributed by atoms with Crippen molar-refractivity contribution in [3.63, 3.8) is 0 Å². The lowest BCUT2D eigenvalue weighted by molar-refractivity contribution is 0.211. The standard InChI is InChI=1S/C21H25ClN4/c1-14-3-4-16(11-15(14)2)13-26-9-7-18(8-10-26)23-21-19-12-17(22)5-6-20(19)24-25-21/h3-6,11-12,18H,7-10,13H2,1-2H3,(H2,23,24,25). The van der Waals surface area contributed by atoms with Crippen LogP contribution in [0.25, 0.3) is 10.9 Å². The highest BCUT2D eigenvalue weighted by molar-refractivity contribution is 6.31. The highest BCUT2D eigenvalue weighted by Gasteiger charge is 2.20. The van der Waals surface area contributed by atoms with Crippen molar-refractivity contribution in [1.29, 1.82) is 0 Å². The number of likely N-dealkylation sites (tertiary alicyclic amines) is 1. The first kappa shape index (κ1) is 17.4. The molecule has 1 aliphatic heterocycles. The molecule has 0 unspecified atom stereocenters. The van der Waals surface area contributed by atoms with Crippen molar-refractivity contribution in [3.05, 3.63) is 58.1 Å². The molecule has 1 saturated heterocycles. The van der Waals surface area contributed by atoms with Gasteiger partial charge in [-0.2, -0.15) is 5.10 Å². The first-order chi connectivity index (χ1) is 12.6. The van der Waals surface area contributed by atoms with Crippen LogP contribution in [-0.4, -0.2) is 34.2 Å². The molecule has 26 heavy (non-hydrogen) atoms. The molecule has 2 heterocycles. The first-order valence-electron chi connectivity index (χ1n) is 9.27. The van der Waals surface area contributed by atoms with Gasteiger partial charge in [0, 0.05) is 36.1 Å². The van der Waals surface area contributed by atoms with Crippen molar-refractivity contribution in [2.75, 3.05) is 18.4 Å². The molecule has 1 aromatic heterocycles. The maximum absolute atomic E-state index is 6.13. The molecule has 4 nitrogen and oxygen atoms in total. The van der Waals surface area contributed by atoms with E-state index in [9.17, 15) is 0 Å². The molecule has 136 valence electrons. The van der Waals surface area contributed by atoms with Crippen LogP contribution in [0.5, 0.6) is 0 Å². The fourth-order valence-electron chi connectivity index (χ4n) is 3.69. The number of aromatic nitrogens is 2. The molecular formula is C21H25ClN4. The Labute approximate surface area is 159 Å². The minimum atomic E-state index is 0.455. The Balaban J connectivity index is 1.36. The predicted molar refractivity (Wildman–Crippen MR) is 109 cm³/mol. The fraction of sp³-hybridized carbons (Fsp3) is 0.381. The van der Waals surface area contributed by atoms with Gasteiger partial charge < -0.3 is 5.32 Å². The fourth-order valence-corrected chi connectivity index (χ4v) is 3.86. The van der Waals surface area contributed by atoms with Gasteiger partial charge in [0.2, 0.25) is 0 Å². The maximum Gasteiger partial charge on any atom is 0.155 e. The van der Waals surface area contributed by atoms with E-state index in [0.717, 1.165) is 54.2 Å². The number of aryl methyl sites for hydroxylation is 2. The molecule has 0 saturated carbocycles. The van der Waals surface area contributed by atoms with Crippen LogP contribution in [0.3, 0.4) is 0 Å². The summed E-state index contributed by atoms with van der Waals surface area (Å²) in [5.74, 6) is 0.912. The van der Waals surface area contributed by atoms with Crippen LogP contribution in [0.15, 0.2) is 36.4 Å². The van der Waals surface area contributed by atoms with Crippen LogP contribution in [0.4, 0.5) is 5.82 Å². The molecule has 0 atom stereocenters. The van der Waals surface area contributed by atoms with Crippen LogP contribution < -0.4 is 5.32 Å². The Kier molecular flexibility index (Phi) is 4.88. The lowest BCUT2D eigenvalue weighted by Crippen LogP contribution is -2.38. The SMILES string of the molecule is Cc1ccc(CN2CCC(Nc3n[nH]c4ccc(Cl)cc34)CC2)cc1C. The van der Waals surface area contributed by atoms with Crippen LogP contribution in [0, 0.1) is 13.8 Å². The Morgan fingerprint density at radius 3 is 2.69 bits per heavy atom. The molecule has 5 heteroatoms. The highest BCUT2D eigenvalue weighted by atomic mass is 35.5. The second kappa shape index (κ2) is 7.29. The normalized spacial score (nSPS) is 16.3. The molecule has 3 aromatic rings. The number of benzene rings is 2. The van der Waals surface area contributed by atoms with Crippen molar-refractivity contribution in [2.45, 2.75) is 39.3 Å². The number of rotatable bonds is 4. The summed E-state index contributed by atoms with van der Waals surface area (Å²) in [5, 5.41) is 12.9. The van der Waals surface area contributed by atoms with E-state index in [4.69, 9.17) is 11.6 Å². The number of halogens is 1. The van der Waals surface area contributed by atoms with E-state index >= 15 is 0 Å². The minimum Gasteiger partial charge on any atom is -0.365 e. The third-order valence-electron chi connectivity index (χ3n) is 5.43. The zero-order valence-electron chi connectivity index (χ0n) is 15.3. The maximum atomic E-state index is 6.13. The molecular weight excluding hydrogens is 344 g/mol. The van der Waals surface area contributed by atoms with Gasteiger partial charge in [-0.1, -0.05) is 29.8 Å². The van der Waals surface area contributed by atoms with Crippen molar-refractivity contribution >= 4 is 28.3 Å². The number of aromatic amines is 1. The Bertz CT molecular complexity index is 910. The van der Waals surface area contributed by atoms with Crippen molar-refractivity contribution < 1.29 is 0 Å². The number of anilines is 1. The predicted octanol–water partition coefficient (Wildman–Crippen LogP) is 4.91. The largest absolute Gasteiger partial charge is 0.365 e. The van der Waals surface area contributed by atoms with E-state index in [-0.39, 0.29) is 0 Å². The molecule has 2 N–H and O–H groups in total. The molecule has 0 spiro atoms. The molecule has 0 radical (unpaired) electrons. The summed E-state index contributed by atoms with van der Waals surface area (Å²) < 4.78 is 0. The average molecular weight is 369 g/mol. The van der Waals surface area contributed by atoms with Gasteiger partial charge in [0.1, 0.15) is 0 Å². The quantitative estimate of drug-likeness (QED) is 0.687. The summed E-state index contributed by atoms with van der Waals surface area (Å²) in [6, 6.07) is 13.1. The molecule has 4 rings (SSSR count). The van der Waals surface area contributed by atoms with E-state index < -0.39 is 0 Å². The monoisotopic (exact) mass is 368 g/mol. The van der Waals surface area contributed by atoms with Crippen molar-refractivity contribution in [3.8, 4) is 0 Å². The van der Waals surface area contributed by atoms with Gasteiger partial charge in [-0.25, -0.2) is 0 Å². The van der Waals surface area contributed by atoms with Gasteiger partial charge in [-0.05, 0) is 61.6 Å². The van der Waals surface area contributed by atoms with E-state index in [1.807, 2.05) is 18.2 Å². The first-order valence-corrected chi connectivity index (χ1v) is 9.65. The van der Waals surface area contributed by atoms with E-state index in [1.54, 1.807) is 0 Å². The van der Waals surface area contributed by atoms with Gasteiger partial charge in [-0.3, -0.25) is 10.00 Å². The molecule has 1 aliphatic rings. The Morgan fingerprint density at radius 1 is 1.12 bits per heavy atom. The van der Waals surface area contributed by atoms with Crippen LogP contribution >= 0.6 is 11.6 Å². The number of hydrogen-bond acceptors (Lipinski definition) is 3. The highest BCUT2D eigenvalue weighted by Crippen LogP contribution is 2.26. The van der Waals surface area contributed by atoms with E-state index in [1.165, 1.54) is 16.7 Å². The lowest BCUT2D eigenvalue weighted by atomic mass is 10.0. The number of fused-ring (bicyclic) bond motifs is 1. The molecule has 0 aliphatic carbocycles. The van der Waals surface area contributed by atoms with Gasteiger partial charge in [0.05, 0.1) is 5.52 Å². The third-order valence-corrected chi connectivity index (χ3v) is 5.67. The Morgan fingerprint density at radius 2 is 1.92 bits per heavy atom. The second-order valence-electron chi connectivity index (χ2n) is 7.38. The zero-order valence-corrected chi connectivity index (χ0v) is 16.1. The lowest BCUT2D eigenvalue weighted by Gasteiger charge is -2.32. The number of nitrogens with one attached hydrogen (secondary N) is 2. The summed E-state index contributed by atoms with van der Waals surface area (Å²) in [6.07, 6.45) is 2.25. The number of piperidine rings is 1. The van der Waals surface area contributed by atoms with E-state index in [0.29, 0.717) is 6.04 Å². The van der Waals surface area contributed by atoms with Gasteiger partial charge in [0.25, 0.3) is 0 Å². The average Bonchev–Trinajstić information content (AvgIpc) is 3.02. The zero-order chi connectivity index (χ0) is 18.1. The van der Waals surface area contributed by atoms with Crippen molar-refractivity contribution in [1.82, 2.24) is 15.1 Å². The van der Waals surface area contributed by atoms with Crippen molar-refractivity contribution in [2.24, 2.45) is 0 Å². The number of nitrogens with zero attached hydrogens (tertiary/aromatic N) is 2. The molecule has 0 bridgehead atoms. The molecule has 1 fully saturated rings. The second-order valence-corrected chi connectivity index (χ2v) is 7.81. The minimum absolute atomic E-state index is 0.455. The van der Waals surface area contributed by atoms with E-state index in [2.05, 4.69) is 52.5 Å². The van der Waals surface area contributed by atoms with Crippen LogP contribution in [-0.2, 0) is 6.54 Å². The Hall–Kier alpha value is -2.04. The van der Waals surface area contributed by atoms with Gasteiger partial charge >= 0.3 is 0 Å². The van der Waals surface area contributed by atoms with Gasteiger partial charge in [0.15, 0.2) is 5.82 Å². The molecule has 0 amide bonds.